The van der Waals surface area contributed by atoms with Gasteiger partial charge in [0.05, 0.1) is 4.92 Å². The predicted molar refractivity (Wildman–Crippen MR) is 87.6 cm³/mol. The summed E-state index contributed by atoms with van der Waals surface area (Å²) < 4.78 is 0. The number of nitrogens with one attached hydrogen (secondary N) is 2. The number of nitrogens with zero attached hydrogens (tertiary/aromatic N) is 1. The number of halogens is 1. The molecule has 0 aromatic heterocycles. The second-order valence-corrected chi connectivity index (χ2v) is 5.77. The summed E-state index contributed by atoms with van der Waals surface area (Å²) in [5.74, 6) is 0.121. The van der Waals surface area contributed by atoms with Crippen molar-refractivity contribution in [1.82, 2.24) is 10.6 Å². The van der Waals surface area contributed by atoms with Crippen LogP contribution in [0.4, 0.5) is 5.69 Å². The van der Waals surface area contributed by atoms with Gasteiger partial charge in [0, 0.05) is 29.3 Å². The Kier molecular flexibility index (Phi) is 6.32. The van der Waals surface area contributed by atoms with Crippen LogP contribution in [0.2, 0.25) is 0 Å². The van der Waals surface area contributed by atoms with Gasteiger partial charge in [-0.15, -0.1) is 12.4 Å². The zero-order valence-electron chi connectivity index (χ0n) is 13.0. The summed E-state index contributed by atoms with van der Waals surface area (Å²) in [4.78, 5) is 22.8. The fraction of sp³-hybridized carbons (Fsp3) is 0.533. The number of carbonyl (C=O) groups excluding carboxylic acids is 1. The summed E-state index contributed by atoms with van der Waals surface area (Å²) in [6.45, 7) is 6.76. The third-order valence-electron chi connectivity index (χ3n) is 4.18. The molecule has 3 unspecified atom stereocenters. The Morgan fingerprint density at radius 2 is 2.09 bits per heavy atom. The van der Waals surface area contributed by atoms with Crippen LogP contribution >= 0.6 is 12.4 Å². The van der Waals surface area contributed by atoms with Crippen molar-refractivity contribution in [1.29, 1.82) is 0 Å². The van der Waals surface area contributed by atoms with Crippen molar-refractivity contribution in [2.45, 2.75) is 39.3 Å². The Morgan fingerprint density at radius 1 is 1.41 bits per heavy atom. The maximum atomic E-state index is 12.3. The van der Waals surface area contributed by atoms with E-state index >= 15 is 0 Å². The van der Waals surface area contributed by atoms with Crippen molar-refractivity contribution in [2.75, 3.05) is 6.54 Å². The number of nitro benzene ring substituents is 1. The lowest BCUT2D eigenvalue weighted by molar-refractivity contribution is -0.385. The highest BCUT2D eigenvalue weighted by atomic mass is 35.5. The molecule has 0 radical (unpaired) electrons. The van der Waals surface area contributed by atoms with E-state index in [1.165, 1.54) is 6.07 Å². The fourth-order valence-electron chi connectivity index (χ4n) is 2.79. The summed E-state index contributed by atoms with van der Waals surface area (Å²) in [5.41, 5.74) is 0.861. The van der Waals surface area contributed by atoms with Gasteiger partial charge in [0.15, 0.2) is 0 Å². The van der Waals surface area contributed by atoms with Crippen molar-refractivity contribution in [3.05, 3.63) is 39.4 Å². The first-order valence-corrected chi connectivity index (χ1v) is 7.19. The van der Waals surface area contributed by atoms with E-state index in [0.717, 1.165) is 13.0 Å². The molecule has 1 aliphatic heterocycles. The van der Waals surface area contributed by atoms with Crippen LogP contribution < -0.4 is 10.6 Å². The van der Waals surface area contributed by atoms with Crippen LogP contribution in [-0.4, -0.2) is 29.5 Å². The summed E-state index contributed by atoms with van der Waals surface area (Å²) in [5, 5.41) is 17.3. The second kappa shape index (κ2) is 7.56. The highest BCUT2D eigenvalue weighted by Gasteiger charge is 2.29. The highest BCUT2D eigenvalue weighted by Crippen LogP contribution is 2.21. The van der Waals surface area contributed by atoms with Crippen LogP contribution in [0.15, 0.2) is 18.2 Å². The molecule has 1 aromatic carbocycles. The Bertz CT molecular complexity index is 555. The predicted octanol–water partition coefficient (Wildman–Crippen LogP) is 2.44. The Hall–Kier alpha value is -1.66. The SMILES string of the molecule is Cc1ccc(C(=O)NC2C(C)CCNC2C)cc1[N+](=O)[O-].Cl. The number of carbonyl (C=O) groups is 1. The molecule has 1 heterocycles. The summed E-state index contributed by atoms with van der Waals surface area (Å²) in [7, 11) is 0. The van der Waals surface area contributed by atoms with Crippen LogP contribution in [-0.2, 0) is 0 Å². The van der Waals surface area contributed by atoms with Crippen molar-refractivity contribution in [2.24, 2.45) is 5.92 Å². The molecule has 2 N–H and O–H groups in total. The molecule has 22 heavy (non-hydrogen) atoms. The Balaban J connectivity index is 0.00000242. The first-order chi connectivity index (χ1) is 9.90. The van der Waals surface area contributed by atoms with Gasteiger partial charge in [-0.25, -0.2) is 0 Å². The molecule has 122 valence electrons. The molecule has 2 rings (SSSR count). The summed E-state index contributed by atoms with van der Waals surface area (Å²) in [6, 6.07) is 4.81. The monoisotopic (exact) mass is 327 g/mol. The van der Waals surface area contributed by atoms with E-state index in [2.05, 4.69) is 17.6 Å². The minimum atomic E-state index is -0.459. The molecule has 7 heteroatoms. The largest absolute Gasteiger partial charge is 0.347 e. The minimum absolute atomic E-state index is 0. The van der Waals surface area contributed by atoms with Crippen molar-refractivity contribution >= 4 is 24.0 Å². The number of amides is 1. The molecule has 1 aliphatic rings. The van der Waals surface area contributed by atoms with Gasteiger partial charge in [0.25, 0.3) is 11.6 Å². The molecule has 3 atom stereocenters. The molecule has 1 fully saturated rings. The van der Waals surface area contributed by atoms with Gasteiger partial charge < -0.3 is 10.6 Å². The van der Waals surface area contributed by atoms with Gasteiger partial charge in [0.2, 0.25) is 0 Å². The van der Waals surface area contributed by atoms with E-state index in [9.17, 15) is 14.9 Å². The minimum Gasteiger partial charge on any atom is -0.347 e. The summed E-state index contributed by atoms with van der Waals surface area (Å²) >= 11 is 0. The maximum Gasteiger partial charge on any atom is 0.273 e. The van der Waals surface area contributed by atoms with Gasteiger partial charge in [-0.2, -0.15) is 0 Å². The van der Waals surface area contributed by atoms with Crippen molar-refractivity contribution in [3.8, 4) is 0 Å². The second-order valence-electron chi connectivity index (χ2n) is 5.77. The quantitative estimate of drug-likeness (QED) is 0.659. The lowest BCUT2D eigenvalue weighted by Crippen LogP contribution is -2.55. The topological polar surface area (TPSA) is 84.3 Å². The molecule has 1 saturated heterocycles. The Labute approximate surface area is 136 Å². The third kappa shape index (κ3) is 3.96. The molecule has 0 aliphatic carbocycles. The lowest BCUT2D eigenvalue weighted by atomic mass is 9.89. The van der Waals surface area contributed by atoms with Gasteiger partial charge in [-0.05, 0) is 38.8 Å². The first-order valence-electron chi connectivity index (χ1n) is 7.19. The third-order valence-corrected chi connectivity index (χ3v) is 4.18. The molecule has 1 amide bonds. The maximum absolute atomic E-state index is 12.3. The average molecular weight is 328 g/mol. The van der Waals surface area contributed by atoms with E-state index in [4.69, 9.17) is 0 Å². The molecule has 6 nitrogen and oxygen atoms in total. The van der Waals surface area contributed by atoms with Crippen molar-refractivity contribution in [3.63, 3.8) is 0 Å². The van der Waals surface area contributed by atoms with Crippen LogP contribution in [0.25, 0.3) is 0 Å². The number of rotatable bonds is 3. The normalized spacial score (nSPS) is 24.2. The lowest BCUT2D eigenvalue weighted by Gasteiger charge is -2.36. The van der Waals surface area contributed by atoms with Crippen molar-refractivity contribution < 1.29 is 9.72 Å². The van der Waals surface area contributed by atoms with E-state index in [-0.39, 0.29) is 36.1 Å². The smallest absolute Gasteiger partial charge is 0.273 e. The van der Waals surface area contributed by atoms with Crippen LogP contribution in [0, 0.1) is 23.0 Å². The number of piperidine rings is 1. The van der Waals surface area contributed by atoms with Gasteiger partial charge >= 0.3 is 0 Å². The van der Waals surface area contributed by atoms with E-state index < -0.39 is 4.92 Å². The molecule has 0 saturated carbocycles. The summed E-state index contributed by atoms with van der Waals surface area (Å²) in [6.07, 6.45) is 1.00. The van der Waals surface area contributed by atoms with Crippen LogP contribution in [0.5, 0.6) is 0 Å². The first kappa shape index (κ1) is 18.4. The standard InChI is InChI=1S/C15H21N3O3.ClH/c1-9-4-5-12(8-13(9)18(20)21)15(19)17-14-10(2)6-7-16-11(14)3;/h4-5,8,10-11,14,16H,6-7H2,1-3H3,(H,17,19);1H. The van der Waals surface area contributed by atoms with Gasteiger partial charge in [0.1, 0.15) is 0 Å². The van der Waals surface area contributed by atoms with Crippen LogP contribution in [0.1, 0.15) is 36.2 Å². The zero-order valence-corrected chi connectivity index (χ0v) is 13.8. The Morgan fingerprint density at radius 3 is 2.68 bits per heavy atom. The molecule has 0 bridgehead atoms. The molecule has 0 spiro atoms. The number of hydrogen-bond donors (Lipinski definition) is 2. The van der Waals surface area contributed by atoms with Gasteiger partial charge in [-0.3, -0.25) is 14.9 Å². The number of benzene rings is 1. The number of nitro groups is 1. The molecular formula is C15H22ClN3O3. The fourth-order valence-corrected chi connectivity index (χ4v) is 2.79. The zero-order chi connectivity index (χ0) is 15.6. The molecule has 1 aromatic rings. The van der Waals surface area contributed by atoms with Gasteiger partial charge in [-0.1, -0.05) is 13.0 Å². The molecular weight excluding hydrogens is 306 g/mol. The average Bonchev–Trinajstić information content (AvgIpc) is 2.43. The highest BCUT2D eigenvalue weighted by molar-refractivity contribution is 5.95. The van der Waals surface area contributed by atoms with E-state index in [0.29, 0.717) is 17.0 Å². The van der Waals surface area contributed by atoms with Crippen LogP contribution in [0.3, 0.4) is 0 Å². The number of hydrogen-bond acceptors (Lipinski definition) is 4. The van der Waals surface area contributed by atoms with E-state index in [1.807, 2.05) is 6.92 Å². The van der Waals surface area contributed by atoms with E-state index in [1.54, 1.807) is 19.1 Å². The number of aryl methyl sites for hydroxylation is 1.